The van der Waals surface area contributed by atoms with Gasteiger partial charge in [-0.25, -0.2) is 13.1 Å². The lowest BCUT2D eigenvalue weighted by molar-refractivity contribution is 0.524. The Morgan fingerprint density at radius 1 is 1.42 bits per heavy atom. The molecule has 1 rings (SSSR count). The van der Waals surface area contributed by atoms with Crippen molar-refractivity contribution in [3.63, 3.8) is 0 Å². The summed E-state index contributed by atoms with van der Waals surface area (Å²) in [5, 5.41) is 6.55. The van der Waals surface area contributed by atoms with Crippen LogP contribution in [0.25, 0.3) is 0 Å². The van der Waals surface area contributed by atoms with Gasteiger partial charge < -0.3 is 5.73 Å². The van der Waals surface area contributed by atoms with Crippen molar-refractivity contribution in [2.24, 2.45) is 5.73 Å². The van der Waals surface area contributed by atoms with E-state index in [1.807, 2.05) is 6.92 Å². The van der Waals surface area contributed by atoms with Gasteiger partial charge in [-0.1, -0.05) is 26.2 Å². The van der Waals surface area contributed by atoms with Crippen molar-refractivity contribution < 1.29 is 8.42 Å². The Hall–Kier alpha value is -0.920. The van der Waals surface area contributed by atoms with E-state index in [0.29, 0.717) is 11.3 Å². The summed E-state index contributed by atoms with van der Waals surface area (Å²) in [5.74, 6) is 0. The summed E-state index contributed by atoms with van der Waals surface area (Å²) in [6.07, 6.45) is 4.08. The second kappa shape index (κ2) is 7.02. The van der Waals surface area contributed by atoms with Gasteiger partial charge in [0.1, 0.15) is 0 Å². The third-order valence-corrected chi connectivity index (χ3v) is 4.65. The second-order valence-electron chi connectivity index (χ2n) is 4.85. The number of aromatic amines is 1. The molecule has 0 spiro atoms. The summed E-state index contributed by atoms with van der Waals surface area (Å²) in [6.45, 7) is 5.91. The van der Waals surface area contributed by atoms with Crippen LogP contribution in [0.15, 0.2) is 5.03 Å². The van der Waals surface area contributed by atoms with Crippen LogP contribution in [-0.4, -0.2) is 24.7 Å². The third-order valence-electron chi connectivity index (χ3n) is 3.09. The lowest BCUT2D eigenvalue weighted by Gasteiger charge is -2.13. The number of unbranched alkanes of at least 4 members (excludes halogenated alkanes) is 2. The molecular formula is C12H24N4O2S. The highest BCUT2D eigenvalue weighted by Gasteiger charge is 2.24. The largest absolute Gasteiger partial charge is 0.326 e. The maximum atomic E-state index is 12.2. The van der Waals surface area contributed by atoms with E-state index >= 15 is 0 Å². The van der Waals surface area contributed by atoms with Gasteiger partial charge in [-0.3, -0.25) is 5.10 Å². The number of rotatable bonds is 8. The fourth-order valence-corrected chi connectivity index (χ4v) is 3.46. The molecule has 1 heterocycles. The van der Waals surface area contributed by atoms with Crippen molar-refractivity contribution in [2.45, 2.75) is 64.1 Å². The molecule has 7 heteroatoms. The molecule has 0 aromatic carbocycles. The molecule has 1 atom stereocenters. The molecule has 1 aromatic rings. The highest BCUT2D eigenvalue weighted by Crippen LogP contribution is 2.16. The van der Waals surface area contributed by atoms with Gasteiger partial charge in [-0.2, -0.15) is 5.10 Å². The van der Waals surface area contributed by atoms with Crippen LogP contribution >= 0.6 is 0 Å². The molecule has 0 saturated heterocycles. The Balaban J connectivity index is 2.75. The summed E-state index contributed by atoms with van der Waals surface area (Å²) in [4.78, 5) is 0. The molecule has 110 valence electrons. The molecule has 0 saturated carbocycles. The zero-order valence-electron chi connectivity index (χ0n) is 11.9. The average molecular weight is 288 g/mol. The number of hydrogen-bond donors (Lipinski definition) is 3. The zero-order chi connectivity index (χ0) is 14.5. The normalized spacial score (nSPS) is 13.7. The van der Waals surface area contributed by atoms with E-state index in [0.717, 1.165) is 25.7 Å². The van der Waals surface area contributed by atoms with Crippen molar-refractivity contribution in [3.8, 4) is 0 Å². The number of nitrogens with two attached hydrogens (primary N) is 1. The van der Waals surface area contributed by atoms with Gasteiger partial charge in [0.2, 0.25) is 0 Å². The monoisotopic (exact) mass is 288 g/mol. The number of nitrogens with one attached hydrogen (secondary N) is 2. The average Bonchev–Trinajstić information content (AvgIpc) is 2.70. The summed E-state index contributed by atoms with van der Waals surface area (Å²) >= 11 is 0. The Labute approximate surface area is 115 Å². The van der Waals surface area contributed by atoms with Crippen molar-refractivity contribution in [1.82, 2.24) is 14.9 Å². The number of nitrogens with zero attached hydrogens (tertiary/aromatic N) is 1. The van der Waals surface area contributed by atoms with E-state index in [9.17, 15) is 8.42 Å². The highest BCUT2D eigenvalue weighted by atomic mass is 32.2. The third kappa shape index (κ3) is 4.29. The topological polar surface area (TPSA) is 101 Å². The van der Waals surface area contributed by atoms with Gasteiger partial charge >= 0.3 is 0 Å². The molecule has 0 amide bonds. The molecular weight excluding hydrogens is 264 g/mol. The van der Waals surface area contributed by atoms with Gasteiger partial charge in [-0.15, -0.1) is 0 Å². The number of aryl methyl sites for hydroxylation is 1. The van der Waals surface area contributed by atoms with Crippen LogP contribution in [0.3, 0.4) is 0 Å². The molecule has 0 bridgehead atoms. The van der Waals surface area contributed by atoms with E-state index in [4.69, 9.17) is 5.73 Å². The first-order chi connectivity index (χ1) is 8.92. The SMILES string of the molecule is CCCCCC(C)NS(=O)(=O)c1n[nH]c(C)c1CN. The predicted molar refractivity (Wildman–Crippen MR) is 75.1 cm³/mol. The number of H-pyrrole nitrogens is 1. The molecule has 1 unspecified atom stereocenters. The second-order valence-corrected chi connectivity index (χ2v) is 6.48. The number of hydrogen-bond acceptors (Lipinski definition) is 4. The van der Waals surface area contributed by atoms with Crippen LogP contribution in [0, 0.1) is 6.92 Å². The number of sulfonamides is 1. The van der Waals surface area contributed by atoms with Crippen molar-refractivity contribution in [2.75, 3.05) is 0 Å². The summed E-state index contributed by atoms with van der Waals surface area (Å²) in [6, 6.07) is -0.0980. The van der Waals surface area contributed by atoms with Gasteiger partial charge in [-0.05, 0) is 20.3 Å². The summed E-state index contributed by atoms with van der Waals surface area (Å²) in [5.41, 5.74) is 6.81. The molecule has 0 aliphatic carbocycles. The van der Waals surface area contributed by atoms with Crippen LogP contribution in [-0.2, 0) is 16.6 Å². The molecule has 1 aromatic heterocycles. The number of aromatic nitrogens is 2. The fraction of sp³-hybridized carbons (Fsp3) is 0.750. The Morgan fingerprint density at radius 2 is 2.11 bits per heavy atom. The standard InChI is InChI=1S/C12H24N4O2S/c1-4-5-6-7-9(2)16-19(17,18)12-11(8-13)10(3)14-15-12/h9,16H,4-8,13H2,1-3H3,(H,14,15). The minimum Gasteiger partial charge on any atom is -0.326 e. The molecule has 0 radical (unpaired) electrons. The lowest BCUT2D eigenvalue weighted by atomic mass is 10.1. The van der Waals surface area contributed by atoms with E-state index in [1.54, 1.807) is 6.92 Å². The predicted octanol–water partition coefficient (Wildman–Crippen LogP) is 1.42. The zero-order valence-corrected chi connectivity index (χ0v) is 12.7. The first kappa shape index (κ1) is 16.1. The maximum Gasteiger partial charge on any atom is 0.260 e. The molecule has 6 nitrogen and oxygen atoms in total. The van der Waals surface area contributed by atoms with Crippen molar-refractivity contribution in [3.05, 3.63) is 11.3 Å². The summed E-state index contributed by atoms with van der Waals surface area (Å²) < 4.78 is 27.1. The van der Waals surface area contributed by atoms with Gasteiger partial charge in [0.25, 0.3) is 10.0 Å². The Kier molecular flexibility index (Phi) is 5.96. The quantitative estimate of drug-likeness (QED) is 0.630. The molecule has 0 aliphatic rings. The van der Waals surface area contributed by atoms with Gasteiger partial charge in [0, 0.05) is 23.8 Å². The van der Waals surface area contributed by atoms with Gasteiger partial charge in [0.15, 0.2) is 5.03 Å². The Bertz CT molecular complexity index is 496. The smallest absolute Gasteiger partial charge is 0.260 e. The van der Waals surface area contributed by atoms with E-state index in [1.165, 1.54) is 0 Å². The Morgan fingerprint density at radius 3 is 2.68 bits per heavy atom. The van der Waals surface area contributed by atoms with Crippen molar-refractivity contribution in [1.29, 1.82) is 0 Å². The minimum atomic E-state index is -3.59. The van der Waals surface area contributed by atoms with Crippen LogP contribution in [0.4, 0.5) is 0 Å². The minimum absolute atomic E-state index is 0.0230. The first-order valence-corrected chi connectivity index (χ1v) is 8.17. The van der Waals surface area contributed by atoms with E-state index in [2.05, 4.69) is 21.8 Å². The van der Waals surface area contributed by atoms with Crippen LogP contribution in [0.5, 0.6) is 0 Å². The summed E-state index contributed by atoms with van der Waals surface area (Å²) in [7, 11) is -3.59. The first-order valence-electron chi connectivity index (χ1n) is 6.68. The van der Waals surface area contributed by atoms with Gasteiger partial charge in [0.05, 0.1) is 0 Å². The lowest BCUT2D eigenvalue weighted by Crippen LogP contribution is -2.33. The maximum absolute atomic E-state index is 12.2. The van der Waals surface area contributed by atoms with E-state index < -0.39 is 10.0 Å². The van der Waals surface area contributed by atoms with Crippen LogP contribution in [0.2, 0.25) is 0 Å². The van der Waals surface area contributed by atoms with Crippen LogP contribution < -0.4 is 10.5 Å². The van der Waals surface area contributed by atoms with E-state index in [-0.39, 0.29) is 17.6 Å². The molecule has 0 aliphatic heterocycles. The van der Waals surface area contributed by atoms with Crippen LogP contribution in [0.1, 0.15) is 50.8 Å². The molecule has 19 heavy (non-hydrogen) atoms. The molecule has 4 N–H and O–H groups in total. The molecule has 0 fully saturated rings. The fourth-order valence-electron chi connectivity index (χ4n) is 1.97. The van der Waals surface area contributed by atoms with Crippen molar-refractivity contribution >= 4 is 10.0 Å². The highest BCUT2D eigenvalue weighted by molar-refractivity contribution is 7.89.